The molecule has 1 N–H and O–H groups in total. The fourth-order valence-electron chi connectivity index (χ4n) is 4.29. The van der Waals surface area contributed by atoms with Crippen LogP contribution in [0, 0.1) is 5.92 Å². The summed E-state index contributed by atoms with van der Waals surface area (Å²) in [5.74, 6) is 0.880. The standard InChI is InChI=1S/C16H30N2O/c1-16(2)8-7-14(19-16)12-18-10-4-6-15(18)13-5-3-9-17-11-13/h13-15,17H,3-12H2,1-2H3. The van der Waals surface area contributed by atoms with Gasteiger partial charge in [0.25, 0.3) is 0 Å². The van der Waals surface area contributed by atoms with Crippen LogP contribution in [0.1, 0.15) is 52.4 Å². The Balaban J connectivity index is 1.54. The van der Waals surface area contributed by atoms with Crippen molar-refractivity contribution in [3.8, 4) is 0 Å². The van der Waals surface area contributed by atoms with E-state index in [0.717, 1.165) is 12.0 Å². The molecule has 0 bridgehead atoms. The molecule has 0 aromatic rings. The van der Waals surface area contributed by atoms with Gasteiger partial charge >= 0.3 is 0 Å². The quantitative estimate of drug-likeness (QED) is 0.849. The van der Waals surface area contributed by atoms with E-state index in [1.54, 1.807) is 0 Å². The van der Waals surface area contributed by atoms with Gasteiger partial charge in [0.15, 0.2) is 0 Å². The average Bonchev–Trinajstić information content (AvgIpc) is 2.98. The largest absolute Gasteiger partial charge is 0.371 e. The van der Waals surface area contributed by atoms with Gasteiger partial charge in [-0.2, -0.15) is 0 Å². The van der Waals surface area contributed by atoms with Crippen LogP contribution in [0.4, 0.5) is 0 Å². The van der Waals surface area contributed by atoms with E-state index in [1.807, 2.05) is 0 Å². The van der Waals surface area contributed by atoms with E-state index in [1.165, 1.54) is 64.7 Å². The molecule has 0 aliphatic carbocycles. The summed E-state index contributed by atoms with van der Waals surface area (Å²) in [6, 6.07) is 0.820. The summed E-state index contributed by atoms with van der Waals surface area (Å²) in [6.45, 7) is 9.40. The molecule has 0 aromatic heterocycles. The van der Waals surface area contributed by atoms with Crippen LogP contribution in [-0.4, -0.2) is 48.8 Å². The second-order valence-electron chi connectivity index (χ2n) is 7.35. The first kappa shape index (κ1) is 13.8. The molecule has 3 aliphatic rings. The minimum atomic E-state index is 0.117. The molecule has 19 heavy (non-hydrogen) atoms. The summed E-state index contributed by atoms with van der Waals surface area (Å²) in [5, 5.41) is 3.58. The van der Waals surface area contributed by atoms with Gasteiger partial charge in [-0.05, 0) is 77.9 Å². The van der Waals surface area contributed by atoms with Crippen LogP contribution < -0.4 is 5.32 Å². The highest BCUT2D eigenvalue weighted by molar-refractivity contribution is 4.91. The van der Waals surface area contributed by atoms with Crippen LogP contribution in [0.5, 0.6) is 0 Å². The maximum atomic E-state index is 6.19. The van der Waals surface area contributed by atoms with Crippen LogP contribution in [0.15, 0.2) is 0 Å². The second kappa shape index (κ2) is 5.71. The van der Waals surface area contributed by atoms with Crippen molar-refractivity contribution in [1.82, 2.24) is 10.2 Å². The van der Waals surface area contributed by atoms with Gasteiger partial charge in [0, 0.05) is 12.6 Å². The van der Waals surface area contributed by atoms with Crippen LogP contribution in [-0.2, 0) is 4.74 Å². The highest BCUT2D eigenvalue weighted by atomic mass is 16.5. The van der Waals surface area contributed by atoms with E-state index in [9.17, 15) is 0 Å². The van der Waals surface area contributed by atoms with Crippen molar-refractivity contribution in [2.75, 3.05) is 26.2 Å². The summed E-state index contributed by atoms with van der Waals surface area (Å²) in [6.07, 6.45) is 8.53. The maximum Gasteiger partial charge on any atom is 0.0710 e. The van der Waals surface area contributed by atoms with E-state index >= 15 is 0 Å². The molecule has 3 heterocycles. The van der Waals surface area contributed by atoms with Crippen LogP contribution >= 0.6 is 0 Å². The van der Waals surface area contributed by atoms with Gasteiger partial charge in [-0.3, -0.25) is 4.90 Å². The van der Waals surface area contributed by atoms with Crippen molar-refractivity contribution >= 4 is 0 Å². The second-order valence-corrected chi connectivity index (χ2v) is 7.35. The Bertz CT molecular complexity index is 299. The molecule has 3 fully saturated rings. The van der Waals surface area contributed by atoms with Gasteiger partial charge in [0.2, 0.25) is 0 Å². The summed E-state index contributed by atoms with van der Waals surface area (Å²) in [5.41, 5.74) is 0.117. The third-order valence-corrected chi connectivity index (χ3v) is 5.29. The molecule has 3 unspecified atom stereocenters. The van der Waals surface area contributed by atoms with Crippen molar-refractivity contribution in [2.45, 2.75) is 70.1 Å². The predicted octanol–water partition coefficient (Wildman–Crippen LogP) is 2.41. The average molecular weight is 266 g/mol. The van der Waals surface area contributed by atoms with E-state index in [4.69, 9.17) is 4.74 Å². The number of rotatable bonds is 3. The first-order valence-corrected chi connectivity index (χ1v) is 8.27. The van der Waals surface area contributed by atoms with Gasteiger partial charge in [-0.15, -0.1) is 0 Å². The van der Waals surface area contributed by atoms with Crippen LogP contribution in [0.3, 0.4) is 0 Å². The molecule has 3 saturated heterocycles. The highest BCUT2D eigenvalue weighted by Gasteiger charge is 2.37. The fraction of sp³-hybridized carbons (Fsp3) is 1.00. The Morgan fingerprint density at radius 1 is 1.21 bits per heavy atom. The molecular formula is C16H30N2O. The minimum Gasteiger partial charge on any atom is -0.371 e. The lowest BCUT2D eigenvalue weighted by atomic mass is 9.90. The van der Waals surface area contributed by atoms with Crippen molar-refractivity contribution in [3.63, 3.8) is 0 Å². The van der Waals surface area contributed by atoms with Gasteiger partial charge < -0.3 is 10.1 Å². The Hall–Kier alpha value is -0.120. The van der Waals surface area contributed by atoms with E-state index in [2.05, 4.69) is 24.1 Å². The Labute approximate surface area is 118 Å². The van der Waals surface area contributed by atoms with Gasteiger partial charge in [0.05, 0.1) is 11.7 Å². The Morgan fingerprint density at radius 3 is 2.79 bits per heavy atom. The number of likely N-dealkylation sites (tertiary alicyclic amines) is 1. The lowest BCUT2D eigenvalue weighted by Crippen LogP contribution is -2.45. The van der Waals surface area contributed by atoms with E-state index in [-0.39, 0.29) is 5.60 Å². The topological polar surface area (TPSA) is 24.5 Å². The number of piperidine rings is 1. The normalized spacial score (nSPS) is 39.8. The molecule has 3 rings (SSSR count). The molecule has 0 saturated carbocycles. The Morgan fingerprint density at radius 2 is 2.11 bits per heavy atom. The maximum absolute atomic E-state index is 6.19. The van der Waals surface area contributed by atoms with E-state index in [0.29, 0.717) is 6.10 Å². The lowest BCUT2D eigenvalue weighted by molar-refractivity contribution is -0.0331. The molecule has 3 heteroatoms. The van der Waals surface area contributed by atoms with Crippen LogP contribution in [0.2, 0.25) is 0 Å². The zero-order valence-electron chi connectivity index (χ0n) is 12.7. The van der Waals surface area contributed by atoms with Crippen LogP contribution in [0.25, 0.3) is 0 Å². The third kappa shape index (κ3) is 3.32. The number of ether oxygens (including phenoxy) is 1. The number of hydrogen-bond donors (Lipinski definition) is 1. The molecule has 0 radical (unpaired) electrons. The predicted molar refractivity (Wildman–Crippen MR) is 78.4 cm³/mol. The summed E-state index contributed by atoms with van der Waals surface area (Å²) in [4.78, 5) is 2.74. The van der Waals surface area contributed by atoms with Gasteiger partial charge in [-0.1, -0.05) is 0 Å². The zero-order chi connectivity index (χ0) is 13.3. The lowest BCUT2D eigenvalue weighted by Gasteiger charge is -2.35. The number of nitrogens with one attached hydrogen (secondary N) is 1. The summed E-state index contributed by atoms with van der Waals surface area (Å²) >= 11 is 0. The SMILES string of the molecule is CC1(C)CCC(CN2CCCC2C2CCCNC2)O1. The van der Waals surface area contributed by atoms with Crippen molar-refractivity contribution in [2.24, 2.45) is 5.92 Å². The van der Waals surface area contributed by atoms with Crippen molar-refractivity contribution in [3.05, 3.63) is 0 Å². The third-order valence-electron chi connectivity index (χ3n) is 5.29. The zero-order valence-corrected chi connectivity index (χ0v) is 12.7. The van der Waals surface area contributed by atoms with Crippen molar-refractivity contribution < 1.29 is 4.74 Å². The summed E-state index contributed by atoms with van der Waals surface area (Å²) < 4.78 is 6.19. The van der Waals surface area contributed by atoms with Gasteiger partial charge in [0.1, 0.15) is 0 Å². The Kier molecular flexibility index (Phi) is 4.16. The molecule has 0 spiro atoms. The summed E-state index contributed by atoms with van der Waals surface area (Å²) in [7, 11) is 0. The molecule has 0 amide bonds. The van der Waals surface area contributed by atoms with Gasteiger partial charge in [-0.25, -0.2) is 0 Å². The fourth-order valence-corrected chi connectivity index (χ4v) is 4.29. The number of hydrogen-bond acceptors (Lipinski definition) is 3. The monoisotopic (exact) mass is 266 g/mol. The first-order valence-electron chi connectivity index (χ1n) is 8.27. The molecule has 110 valence electrons. The van der Waals surface area contributed by atoms with Crippen molar-refractivity contribution in [1.29, 1.82) is 0 Å². The van der Waals surface area contributed by atoms with E-state index < -0.39 is 0 Å². The minimum absolute atomic E-state index is 0.117. The highest BCUT2D eigenvalue weighted by Crippen LogP contribution is 2.33. The smallest absolute Gasteiger partial charge is 0.0710 e. The molecule has 3 nitrogen and oxygen atoms in total. The first-order chi connectivity index (χ1) is 9.14. The molecule has 3 aliphatic heterocycles. The number of nitrogens with zero attached hydrogens (tertiary/aromatic N) is 1. The molecular weight excluding hydrogens is 236 g/mol. The molecule has 3 atom stereocenters. The molecule has 0 aromatic carbocycles.